The summed E-state index contributed by atoms with van der Waals surface area (Å²) < 4.78 is 11.4. The van der Waals surface area contributed by atoms with E-state index in [0.29, 0.717) is 23.6 Å². The molecule has 0 spiro atoms. The van der Waals surface area contributed by atoms with E-state index in [4.69, 9.17) is 9.47 Å². The van der Waals surface area contributed by atoms with Crippen molar-refractivity contribution in [2.75, 3.05) is 60.8 Å². The number of ketones is 1. The molecule has 4 aliphatic rings. The fraction of sp³-hybridized carbons (Fsp3) is 0.562. The van der Waals surface area contributed by atoms with Crippen molar-refractivity contribution in [3.8, 4) is 11.5 Å². The normalized spacial score (nSPS) is 33.0. The van der Waals surface area contributed by atoms with Gasteiger partial charge in [-0.15, -0.1) is 0 Å². The van der Waals surface area contributed by atoms with E-state index in [1.807, 2.05) is 6.07 Å². The van der Waals surface area contributed by atoms with Crippen LogP contribution in [0.15, 0.2) is 18.2 Å². The Morgan fingerprint density at radius 1 is 1.04 bits per heavy atom. The molecule has 0 N–H and O–H groups in total. The average molecular weight is 399 g/mol. The molecule has 4 aliphatic heterocycles. The maximum atomic E-state index is 13.0. The summed E-state index contributed by atoms with van der Waals surface area (Å²) in [7, 11) is 3.21. The lowest BCUT2D eigenvalue weighted by Gasteiger charge is -2.60. The maximum absolute atomic E-state index is 13.0. The van der Waals surface area contributed by atoms with Gasteiger partial charge >= 0.3 is 0 Å². The maximum Gasteiger partial charge on any atom is 0.220 e. The zero-order chi connectivity index (χ0) is 16.0. The number of hydrogen-bond donors (Lipinski definition) is 0. The highest BCUT2D eigenvalue weighted by molar-refractivity contribution is 6.00. The Kier molecular flexibility index (Phi) is 4.85. The van der Waals surface area contributed by atoms with Crippen LogP contribution < -0.4 is 26.5 Å². The molecular formula is C16H23BrN4O3. The summed E-state index contributed by atoms with van der Waals surface area (Å²) in [6, 6.07) is 5.40. The lowest BCUT2D eigenvalue weighted by atomic mass is 10.1. The van der Waals surface area contributed by atoms with E-state index in [9.17, 15) is 4.79 Å². The highest BCUT2D eigenvalue weighted by atomic mass is 79.9. The number of quaternary nitrogens is 1. The number of Topliss-reactive ketones (excluding diaryl/α,β-unsaturated/α-hetero) is 1. The van der Waals surface area contributed by atoms with Gasteiger partial charge in [-0.2, -0.15) is 0 Å². The number of rotatable bonds is 5. The Morgan fingerprint density at radius 3 is 2.12 bits per heavy atom. The van der Waals surface area contributed by atoms with Crippen molar-refractivity contribution in [2.24, 2.45) is 0 Å². The lowest BCUT2D eigenvalue weighted by Crippen LogP contribution is -3.00. The average Bonchev–Trinajstić information content (AvgIpc) is 2.52. The SMILES string of the molecule is COc1ccc(OC)c(C(=O)C[N+]23CN4CN(CN(C4)C2)C3)c1.[Br-]. The predicted octanol–water partition coefficient (Wildman–Crippen LogP) is -2.60. The second-order valence-corrected chi connectivity index (χ2v) is 6.85. The number of nitrogens with zero attached hydrogens (tertiary/aromatic N) is 4. The summed E-state index contributed by atoms with van der Waals surface area (Å²) in [6.07, 6.45) is 0. The van der Waals surface area contributed by atoms with E-state index >= 15 is 0 Å². The van der Waals surface area contributed by atoms with Gasteiger partial charge in [0, 0.05) is 0 Å². The molecular weight excluding hydrogens is 376 g/mol. The predicted molar refractivity (Wildman–Crippen MR) is 83.7 cm³/mol. The highest BCUT2D eigenvalue weighted by Gasteiger charge is 2.49. The van der Waals surface area contributed by atoms with Crippen molar-refractivity contribution in [3.05, 3.63) is 23.8 Å². The molecule has 0 aromatic heterocycles. The van der Waals surface area contributed by atoms with E-state index in [2.05, 4.69) is 14.7 Å². The van der Waals surface area contributed by atoms with Crippen LogP contribution in [0.5, 0.6) is 11.5 Å². The molecule has 4 saturated heterocycles. The Labute approximate surface area is 152 Å². The number of carbonyl (C=O) groups is 1. The molecule has 4 heterocycles. The van der Waals surface area contributed by atoms with Gasteiger partial charge in [-0.3, -0.25) is 9.28 Å². The van der Waals surface area contributed by atoms with Crippen molar-refractivity contribution in [3.63, 3.8) is 0 Å². The Bertz CT molecular complexity index is 604. The smallest absolute Gasteiger partial charge is 0.220 e. The van der Waals surface area contributed by atoms with Crippen LogP contribution in [-0.4, -0.2) is 85.7 Å². The van der Waals surface area contributed by atoms with Crippen LogP contribution in [0.2, 0.25) is 0 Å². The molecule has 5 rings (SSSR count). The number of methoxy groups -OCH3 is 2. The summed E-state index contributed by atoms with van der Waals surface area (Å²) in [5.74, 6) is 1.42. The second-order valence-electron chi connectivity index (χ2n) is 6.85. The van der Waals surface area contributed by atoms with E-state index in [1.165, 1.54) is 0 Å². The van der Waals surface area contributed by atoms with E-state index in [1.54, 1.807) is 26.4 Å². The van der Waals surface area contributed by atoms with E-state index in [0.717, 1.165) is 44.5 Å². The number of hydrogen-bond acceptors (Lipinski definition) is 6. The van der Waals surface area contributed by atoms with Gasteiger partial charge in [0.05, 0.1) is 39.8 Å². The Hall–Kier alpha value is -1.19. The van der Waals surface area contributed by atoms with Gasteiger partial charge in [0.15, 0.2) is 0 Å². The van der Waals surface area contributed by atoms with Crippen molar-refractivity contribution < 1.29 is 35.7 Å². The van der Waals surface area contributed by atoms with Crippen LogP contribution in [0.1, 0.15) is 10.4 Å². The monoisotopic (exact) mass is 398 g/mol. The number of halogens is 1. The molecule has 132 valence electrons. The van der Waals surface area contributed by atoms with Crippen LogP contribution >= 0.6 is 0 Å². The van der Waals surface area contributed by atoms with Crippen LogP contribution in [0.4, 0.5) is 0 Å². The van der Waals surface area contributed by atoms with Crippen LogP contribution in [-0.2, 0) is 0 Å². The van der Waals surface area contributed by atoms with Crippen molar-refractivity contribution >= 4 is 5.78 Å². The van der Waals surface area contributed by atoms with Gasteiger partial charge in [0.2, 0.25) is 5.78 Å². The third-order valence-electron chi connectivity index (χ3n) is 4.89. The molecule has 4 fully saturated rings. The van der Waals surface area contributed by atoms with Gasteiger partial charge < -0.3 is 26.5 Å². The third kappa shape index (κ3) is 3.04. The molecule has 24 heavy (non-hydrogen) atoms. The molecule has 1 aromatic carbocycles. The molecule has 0 amide bonds. The first-order valence-electron chi connectivity index (χ1n) is 7.88. The quantitative estimate of drug-likeness (QED) is 0.400. The molecule has 0 radical (unpaired) electrons. The van der Waals surface area contributed by atoms with Crippen molar-refractivity contribution in [1.82, 2.24) is 14.7 Å². The minimum Gasteiger partial charge on any atom is -1.00 e. The molecule has 7 nitrogen and oxygen atoms in total. The van der Waals surface area contributed by atoms with Gasteiger partial charge in [0.25, 0.3) is 0 Å². The zero-order valence-corrected chi connectivity index (χ0v) is 15.7. The fourth-order valence-electron chi connectivity index (χ4n) is 4.23. The van der Waals surface area contributed by atoms with E-state index < -0.39 is 0 Å². The minimum atomic E-state index is 0. The fourth-order valence-corrected chi connectivity index (χ4v) is 4.23. The summed E-state index contributed by atoms with van der Waals surface area (Å²) in [6.45, 7) is 6.40. The Morgan fingerprint density at radius 2 is 1.62 bits per heavy atom. The Balaban J connectivity index is 0.00000169. The second kappa shape index (κ2) is 6.61. The molecule has 0 unspecified atom stereocenters. The summed E-state index contributed by atoms with van der Waals surface area (Å²) in [5, 5.41) is 0. The van der Waals surface area contributed by atoms with Crippen molar-refractivity contribution in [1.29, 1.82) is 0 Å². The first kappa shape index (κ1) is 17.6. The number of benzene rings is 1. The van der Waals surface area contributed by atoms with Gasteiger partial charge in [0.1, 0.15) is 38.0 Å². The van der Waals surface area contributed by atoms with Gasteiger partial charge in [-0.05, 0) is 18.2 Å². The highest BCUT2D eigenvalue weighted by Crippen LogP contribution is 2.31. The first-order chi connectivity index (χ1) is 11.1. The molecule has 0 atom stereocenters. The third-order valence-corrected chi connectivity index (χ3v) is 4.89. The largest absolute Gasteiger partial charge is 1.00 e. The molecule has 0 aliphatic carbocycles. The van der Waals surface area contributed by atoms with Crippen LogP contribution in [0.3, 0.4) is 0 Å². The summed E-state index contributed by atoms with van der Waals surface area (Å²) in [5.41, 5.74) is 0.612. The van der Waals surface area contributed by atoms with Gasteiger partial charge in [-0.1, -0.05) is 0 Å². The molecule has 1 aromatic rings. The number of carbonyl (C=O) groups excluding carboxylic acids is 1. The molecule has 8 heteroatoms. The molecule has 0 saturated carbocycles. The minimum absolute atomic E-state index is 0. The van der Waals surface area contributed by atoms with Crippen LogP contribution in [0.25, 0.3) is 0 Å². The standard InChI is InChI=1S/C16H23N4O3.BrH/c1-22-13-3-4-16(23-2)14(5-13)15(21)6-20-10-17-7-18(11-20)9-19(8-17)12-20;/h3-5H,6-12H2,1-2H3;1H/q+1;/p-1. The van der Waals surface area contributed by atoms with E-state index in [-0.39, 0.29) is 22.8 Å². The van der Waals surface area contributed by atoms with Gasteiger partial charge in [-0.25, -0.2) is 14.7 Å². The summed E-state index contributed by atoms with van der Waals surface area (Å²) in [4.78, 5) is 20.2. The summed E-state index contributed by atoms with van der Waals surface area (Å²) >= 11 is 0. The molecule has 4 bridgehead atoms. The lowest BCUT2D eigenvalue weighted by molar-refractivity contribution is -0.973. The van der Waals surface area contributed by atoms with Crippen LogP contribution in [0, 0.1) is 0 Å². The van der Waals surface area contributed by atoms with Crippen molar-refractivity contribution in [2.45, 2.75) is 0 Å². The number of ether oxygens (including phenoxy) is 2. The zero-order valence-electron chi connectivity index (χ0n) is 14.1. The first-order valence-corrected chi connectivity index (χ1v) is 7.88. The topological polar surface area (TPSA) is 45.3 Å².